The number of nitrogens with one attached hydrogen (secondary N) is 3. The molecule has 6 rings (SSSR count). The summed E-state index contributed by atoms with van der Waals surface area (Å²) in [5.74, 6) is 0.000906. The van der Waals surface area contributed by atoms with E-state index in [1.165, 1.54) is 12.1 Å². The molecule has 2 saturated heterocycles. The summed E-state index contributed by atoms with van der Waals surface area (Å²) >= 11 is -2.12. The molecular weight excluding hydrogens is 657 g/mol. The first-order chi connectivity index (χ1) is 23.9. The number of amides is 3. The molecule has 0 saturated carbocycles. The average Bonchev–Trinajstić information content (AvgIpc) is 3.71. The maximum atomic E-state index is 13.5. The number of carbonyl (C=O) groups excluding carboxylic acids is 3. The van der Waals surface area contributed by atoms with Crippen LogP contribution in [0.5, 0.6) is 5.75 Å². The second-order valence-corrected chi connectivity index (χ2v) is 15.1. The van der Waals surface area contributed by atoms with Crippen molar-refractivity contribution in [3.8, 4) is 5.75 Å². The van der Waals surface area contributed by atoms with Crippen molar-refractivity contribution < 1.29 is 22.8 Å². The third kappa shape index (κ3) is 7.85. The highest BCUT2D eigenvalue weighted by atomic mass is 32.2. The zero-order valence-electron chi connectivity index (χ0n) is 29.4. The summed E-state index contributed by atoms with van der Waals surface area (Å²) in [5, 5.41) is 14.9. The number of hydrogen-bond donors (Lipinski definition) is 3. The Morgan fingerprint density at radius 3 is 2.04 bits per heavy atom. The maximum absolute atomic E-state index is 13.5. The van der Waals surface area contributed by atoms with Crippen LogP contribution in [-0.4, -0.2) is 77.7 Å². The molecule has 2 aliphatic heterocycles. The fourth-order valence-corrected chi connectivity index (χ4v) is 7.02. The first kappa shape index (κ1) is 35.1. The topological polar surface area (TPSA) is 154 Å². The molecule has 2 unspecified atom stereocenters. The molecule has 14 heteroatoms. The Hall–Kier alpha value is -4.72. The predicted octanol–water partition coefficient (Wildman–Crippen LogP) is 5.48. The number of likely N-dealkylation sites (tertiary alicyclic amines) is 2. The van der Waals surface area contributed by atoms with Crippen LogP contribution in [0, 0.1) is 6.92 Å². The van der Waals surface area contributed by atoms with Gasteiger partial charge in [-0.1, -0.05) is 26.8 Å². The first-order valence-electron chi connectivity index (χ1n) is 17.3. The molecule has 2 aromatic heterocycles. The van der Waals surface area contributed by atoms with Crippen molar-refractivity contribution in [2.75, 3.05) is 30.9 Å². The van der Waals surface area contributed by atoms with E-state index in [0.717, 1.165) is 49.8 Å². The first-order valence-corrected chi connectivity index (χ1v) is 18.4. The van der Waals surface area contributed by atoms with Gasteiger partial charge in [-0.3, -0.25) is 24.2 Å². The van der Waals surface area contributed by atoms with Crippen molar-refractivity contribution in [3.05, 3.63) is 76.2 Å². The summed E-state index contributed by atoms with van der Waals surface area (Å²) in [6.45, 7) is 12.6. The number of aryl methyl sites for hydroxylation is 1. The number of fused-ring (bicyclic) bond motifs is 1. The Morgan fingerprint density at radius 2 is 1.46 bits per heavy atom. The Balaban J connectivity index is 1.17. The van der Waals surface area contributed by atoms with Crippen molar-refractivity contribution >= 4 is 40.3 Å². The Kier molecular flexibility index (Phi) is 10.3. The number of nitrogens with zero attached hydrogens (tertiary/aromatic N) is 5. The molecule has 2 atom stereocenters. The van der Waals surface area contributed by atoms with Crippen molar-refractivity contribution in [1.82, 2.24) is 34.9 Å². The van der Waals surface area contributed by atoms with Gasteiger partial charge < -0.3 is 19.3 Å². The molecule has 2 fully saturated rings. The molecule has 0 aliphatic carbocycles. The largest absolute Gasteiger partial charge is 0.385 e. The van der Waals surface area contributed by atoms with E-state index in [4.69, 9.17) is 4.18 Å². The normalized spacial score (nSPS) is 16.6. The van der Waals surface area contributed by atoms with Crippen molar-refractivity contribution in [3.63, 3.8) is 0 Å². The molecule has 2 aliphatic rings. The van der Waals surface area contributed by atoms with Gasteiger partial charge in [0.2, 0.25) is 0 Å². The monoisotopic (exact) mass is 702 g/mol. The minimum atomic E-state index is -2.12. The summed E-state index contributed by atoms with van der Waals surface area (Å²) in [5.41, 5.74) is 3.69. The SMILES string of the molecule is Cc1ccc(NS(=O)Oc2cc(C(=O)N3CCCCC3)cc(C(=O)N3CCCCC3)c2)cc1C(=O)NC(C)c1nnc2cc(C(C)(C)C)[nH]n12. The molecule has 3 N–H and O–H groups in total. The maximum Gasteiger partial charge on any atom is 0.316 e. The van der Waals surface area contributed by atoms with Gasteiger partial charge in [-0.2, -0.15) is 4.21 Å². The van der Waals surface area contributed by atoms with Gasteiger partial charge >= 0.3 is 11.3 Å². The summed E-state index contributed by atoms with van der Waals surface area (Å²) in [6, 6.07) is 11.2. The summed E-state index contributed by atoms with van der Waals surface area (Å²) in [7, 11) is 0. The lowest BCUT2D eigenvalue weighted by atomic mass is 9.93. The van der Waals surface area contributed by atoms with Crippen molar-refractivity contribution in [1.29, 1.82) is 0 Å². The highest BCUT2D eigenvalue weighted by Crippen LogP contribution is 2.26. The zero-order chi connectivity index (χ0) is 35.6. The van der Waals surface area contributed by atoms with Gasteiger partial charge in [0.1, 0.15) is 5.75 Å². The van der Waals surface area contributed by atoms with E-state index < -0.39 is 17.3 Å². The Labute approximate surface area is 294 Å². The molecule has 4 heterocycles. The molecule has 4 aromatic rings. The molecule has 0 radical (unpaired) electrons. The number of anilines is 1. The minimum absolute atomic E-state index is 0.112. The van der Waals surface area contributed by atoms with Gasteiger partial charge in [-0.15, -0.1) is 10.2 Å². The van der Waals surface area contributed by atoms with E-state index in [-0.39, 0.29) is 28.9 Å². The molecule has 13 nitrogen and oxygen atoms in total. The van der Waals surface area contributed by atoms with Crippen LogP contribution in [0.4, 0.5) is 5.69 Å². The number of rotatable bonds is 9. The van der Waals surface area contributed by atoms with Gasteiger partial charge in [0, 0.05) is 60.0 Å². The van der Waals surface area contributed by atoms with Crippen LogP contribution in [0.25, 0.3) is 5.65 Å². The van der Waals surface area contributed by atoms with E-state index >= 15 is 0 Å². The van der Waals surface area contributed by atoms with Gasteiger partial charge in [0.25, 0.3) is 17.7 Å². The van der Waals surface area contributed by atoms with E-state index in [9.17, 15) is 18.6 Å². The quantitative estimate of drug-likeness (QED) is 0.209. The zero-order valence-corrected chi connectivity index (χ0v) is 30.2. The van der Waals surface area contributed by atoms with E-state index in [2.05, 4.69) is 46.1 Å². The predicted molar refractivity (Wildman–Crippen MR) is 191 cm³/mol. The number of aromatic amines is 1. The smallest absolute Gasteiger partial charge is 0.316 e. The minimum Gasteiger partial charge on any atom is -0.385 e. The number of H-pyrrole nitrogens is 1. The van der Waals surface area contributed by atoms with E-state index in [1.54, 1.807) is 38.6 Å². The molecule has 50 heavy (non-hydrogen) atoms. The Morgan fingerprint density at radius 1 is 0.860 bits per heavy atom. The van der Waals surface area contributed by atoms with E-state index in [0.29, 0.717) is 60.0 Å². The van der Waals surface area contributed by atoms with Crippen LogP contribution in [-0.2, 0) is 16.7 Å². The standard InChI is InChI=1S/C36H46N8O5S/c1-23-12-13-27(21-29(23)33(45)37-24(2)32-39-38-31-22-30(36(3,4)5)40-44(31)32)41-50(48)49-28-19-25(34(46)42-14-8-6-9-15-42)18-26(20-28)35(47)43-16-10-7-11-17-43/h12-13,18-22,24,40-41H,6-11,14-17H2,1-5H3,(H,37,45). The number of piperidine rings is 2. The Bertz CT molecular complexity index is 1870. The highest BCUT2D eigenvalue weighted by molar-refractivity contribution is 7.81. The molecule has 0 spiro atoms. The lowest BCUT2D eigenvalue weighted by molar-refractivity contribution is 0.0721. The van der Waals surface area contributed by atoms with Crippen LogP contribution < -0.4 is 14.2 Å². The van der Waals surface area contributed by atoms with E-state index in [1.807, 2.05) is 19.9 Å². The van der Waals surface area contributed by atoms with Gasteiger partial charge in [0.05, 0.1) is 11.7 Å². The summed E-state index contributed by atoms with van der Waals surface area (Å²) in [6.07, 6.45) is 5.88. The number of benzene rings is 2. The third-order valence-corrected chi connectivity index (χ3v) is 10.1. The van der Waals surface area contributed by atoms with Crippen molar-refractivity contribution in [2.24, 2.45) is 0 Å². The highest BCUT2D eigenvalue weighted by Gasteiger charge is 2.25. The summed E-state index contributed by atoms with van der Waals surface area (Å²) in [4.78, 5) is 44.0. The fourth-order valence-electron chi connectivity index (χ4n) is 6.39. The van der Waals surface area contributed by atoms with Crippen LogP contribution >= 0.6 is 0 Å². The summed E-state index contributed by atoms with van der Waals surface area (Å²) < 4.78 is 23.7. The lowest BCUT2D eigenvalue weighted by Crippen LogP contribution is -2.37. The lowest BCUT2D eigenvalue weighted by Gasteiger charge is -2.28. The van der Waals surface area contributed by atoms with Crippen LogP contribution in [0.1, 0.15) is 120 Å². The molecular formula is C36H46N8O5S. The second kappa shape index (κ2) is 14.6. The van der Waals surface area contributed by atoms with Gasteiger partial charge in [0.15, 0.2) is 11.5 Å². The van der Waals surface area contributed by atoms with Crippen molar-refractivity contribution in [2.45, 2.75) is 84.6 Å². The van der Waals surface area contributed by atoms with Gasteiger partial charge in [-0.05, 0) is 88.3 Å². The fraction of sp³-hybridized carbons (Fsp3) is 0.472. The number of carbonyl (C=O) groups is 3. The molecule has 0 bridgehead atoms. The molecule has 3 amide bonds. The van der Waals surface area contributed by atoms with Gasteiger partial charge in [-0.25, -0.2) is 4.52 Å². The average molecular weight is 703 g/mol. The van der Waals surface area contributed by atoms with Crippen LogP contribution in [0.3, 0.4) is 0 Å². The third-order valence-electron chi connectivity index (χ3n) is 9.30. The van der Waals surface area contributed by atoms with Crippen LogP contribution in [0.2, 0.25) is 0 Å². The number of hydrogen-bond acceptors (Lipinski definition) is 7. The molecule has 266 valence electrons. The van der Waals surface area contributed by atoms with Crippen LogP contribution in [0.15, 0.2) is 42.5 Å². The molecule has 2 aromatic carbocycles. The number of aromatic nitrogens is 4. The second-order valence-electron chi connectivity index (χ2n) is 14.3.